The maximum absolute atomic E-state index is 13.2. The number of thiophene rings is 1. The number of carbonyl (C=O) groups excluding carboxylic acids is 1. The van der Waals surface area contributed by atoms with E-state index in [4.69, 9.17) is 4.74 Å². The molecule has 10 heteroatoms. The quantitative estimate of drug-likeness (QED) is 0.407. The molecule has 0 fully saturated rings. The maximum Gasteiger partial charge on any atom is 0.416 e. The minimum absolute atomic E-state index is 0.00553. The molecule has 0 unspecified atom stereocenters. The predicted molar refractivity (Wildman–Crippen MR) is 117 cm³/mol. The van der Waals surface area contributed by atoms with Crippen molar-refractivity contribution >= 4 is 27.5 Å². The first-order valence-electron chi connectivity index (χ1n) is 9.75. The van der Waals surface area contributed by atoms with Crippen molar-refractivity contribution in [3.8, 4) is 0 Å². The third-order valence-corrected chi connectivity index (χ3v) is 6.19. The van der Waals surface area contributed by atoms with Crippen molar-refractivity contribution in [2.24, 2.45) is 7.05 Å². The Balaban J connectivity index is 1.70. The van der Waals surface area contributed by atoms with E-state index in [1.807, 2.05) is 0 Å². The number of rotatable bonds is 5. The first-order chi connectivity index (χ1) is 15.7. The van der Waals surface area contributed by atoms with Gasteiger partial charge < -0.3 is 4.74 Å². The lowest BCUT2D eigenvalue weighted by Crippen LogP contribution is -2.39. The molecule has 0 bridgehead atoms. The Kier molecular flexibility index (Phi) is 5.94. The highest BCUT2D eigenvalue weighted by atomic mass is 32.1. The summed E-state index contributed by atoms with van der Waals surface area (Å²) in [7, 11) is 1.48. The molecule has 6 nitrogen and oxygen atoms in total. The maximum atomic E-state index is 13.2. The zero-order valence-corrected chi connectivity index (χ0v) is 18.1. The fraction of sp³-hybridized carbons (Fsp3) is 0.174. The van der Waals surface area contributed by atoms with Gasteiger partial charge in [0.2, 0.25) is 0 Å². The summed E-state index contributed by atoms with van der Waals surface area (Å²) in [4.78, 5) is 38.9. The number of halogens is 3. The van der Waals surface area contributed by atoms with Crippen molar-refractivity contribution in [3.63, 3.8) is 0 Å². The van der Waals surface area contributed by atoms with Crippen LogP contribution in [0.2, 0.25) is 0 Å². The molecule has 2 aromatic heterocycles. The van der Waals surface area contributed by atoms with Crippen LogP contribution in [0.4, 0.5) is 13.2 Å². The van der Waals surface area contributed by atoms with Crippen LogP contribution in [0.15, 0.2) is 69.6 Å². The summed E-state index contributed by atoms with van der Waals surface area (Å²) in [6, 6.07) is 13.7. The lowest BCUT2D eigenvalue weighted by atomic mass is 10.1. The van der Waals surface area contributed by atoms with E-state index < -0.39 is 35.6 Å². The van der Waals surface area contributed by atoms with Gasteiger partial charge in [-0.1, -0.05) is 48.5 Å². The lowest BCUT2D eigenvalue weighted by molar-refractivity contribution is -0.138. The SMILES string of the molecule is Cn1c(=O)n(Cc2ccccc2)c(=O)c2c(C(=O)OCc3ccccc3C(F)(F)F)csc21. The van der Waals surface area contributed by atoms with E-state index in [-0.39, 0.29) is 27.9 Å². The van der Waals surface area contributed by atoms with Gasteiger partial charge in [-0.15, -0.1) is 11.3 Å². The van der Waals surface area contributed by atoms with Gasteiger partial charge in [0, 0.05) is 18.0 Å². The van der Waals surface area contributed by atoms with Gasteiger partial charge in [0.1, 0.15) is 11.4 Å². The number of aromatic nitrogens is 2. The summed E-state index contributed by atoms with van der Waals surface area (Å²) in [5.74, 6) is -0.944. The van der Waals surface area contributed by atoms with Crippen LogP contribution in [0.1, 0.15) is 27.0 Å². The summed E-state index contributed by atoms with van der Waals surface area (Å²) in [5.41, 5.74) is -1.69. The zero-order chi connectivity index (χ0) is 23.8. The van der Waals surface area contributed by atoms with Crippen LogP contribution in [0.25, 0.3) is 10.2 Å². The van der Waals surface area contributed by atoms with E-state index in [0.717, 1.165) is 27.5 Å². The van der Waals surface area contributed by atoms with Gasteiger partial charge in [0.05, 0.1) is 23.1 Å². The summed E-state index contributed by atoms with van der Waals surface area (Å²) in [6.45, 7) is -0.610. The second-order valence-corrected chi connectivity index (χ2v) is 8.14. The van der Waals surface area contributed by atoms with Gasteiger partial charge in [-0.2, -0.15) is 13.2 Å². The van der Waals surface area contributed by atoms with Crippen LogP contribution in [0.5, 0.6) is 0 Å². The number of nitrogens with zero attached hydrogens (tertiary/aromatic N) is 2. The second kappa shape index (κ2) is 8.70. The van der Waals surface area contributed by atoms with Crippen LogP contribution in [0.3, 0.4) is 0 Å². The molecule has 170 valence electrons. The molecule has 4 aromatic rings. The number of hydrogen-bond acceptors (Lipinski definition) is 5. The molecule has 0 aliphatic carbocycles. The second-order valence-electron chi connectivity index (χ2n) is 7.28. The number of carbonyl (C=O) groups is 1. The third kappa shape index (κ3) is 4.34. The molecule has 0 radical (unpaired) electrons. The number of aryl methyl sites for hydroxylation is 1. The first-order valence-corrected chi connectivity index (χ1v) is 10.6. The highest BCUT2D eigenvalue weighted by Gasteiger charge is 2.33. The van der Waals surface area contributed by atoms with Crippen LogP contribution in [0, 0.1) is 0 Å². The normalized spacial score (nSPS) is 11.6. The molecule has 0 spiro atoms. The van der Waals surface area contributed by atoms with Crippen LogP contribution in [-0.4, -0.2) is 15.1 Å². The summed E-state index contributed by atoms with van der Waals surface area (Å²) in [6.07, 6.45) is -4.60. The van der Waals surface area contributed by atoms with Gasteiger partial charge in [-0.25, -0.2) is 9.59 Å². The average molecular weight is 474 g/mol. The lowest BCUT2D eigenvalue weighted by Gasteiger charge is -2.13. The predicted octanol–water partition coefficient (Wildman–Crippen LogP) is 4.19. The van der Waals surface area contributed by atoms with Crippen molar-refractivity contribution in [1.29, 1.82) is 0 Å². The van der Waals surface area contributed by atoms with E-state index in [2.05, 4.69) is 0 Å². The van der Waals surface area contributed by atoms with Crippen LogP contribution in [-0.2, 0) is 31.1 Å². The monoisotopic (exact) mass is 474 g/mol. The Bertz CT molecular complexity index is 1450. The number of benzene rings is 2. The van der Waals surface area contributed by atoms with Gasteiger partial charge in [0.25, 0.3) is 5.56 Å². The molecule has 0 amide bonds. The van der Waals surface area contributed by atoms with Crippen LogP contribution < -0.4 is 11.2 Å². The Labute approximate surface area is 189 Å². The van der Waals surface area contributed by atoms with Crippen molar-refractivity contribution in [1.82, 2.24) is 9.13 Å². The van der Waals surface area contributed by atoms with E-state index >= 15 is 0 Å². The number of ether oxygens (including phenoxy) is 1. The molecule has 0 aliphatic heterocycles. The number of alkyl halides is 3. The Morgan fingerprint density at radius 2 is 1.70 bits per heavy atom. The van der Waals surface area contributed by atoms with E-state index in [0.29, 0.717) is 0 Å². The van der Waals surface area contributed by atoms with E-state index in [1.54, 1.807) is 30.3 Å². The van der Waals surface area contributed by atoms with Crippen molar-refractivity contribution < 1.29 is 22.7 Å². The highest BCUT2D eigenvalue weighted by molar-refractivity contribution is 7.17. The minimum atomic E-state index is -4.60. The zero-order valence-electron chi connectivity index (χ0n) is 17.3. The molecule has 0 saturated heterocycles. The van der Waals surface area contributed by atoms with Gasteiger partial charge in [-0.05, 0) is 11.6 Å². The molecule has 0 N–H and O–H groups in total. The van der Waals surface area contributed by atoms with Crippen molar-refractivity contribution in [2.75, 3.05) is 0 Å². The molecular weight excluding hydrogens is 457 g/mol. The molecule has 0 saturated carbocycles. The number of hydrogen-bond donors (Lipinski definition) is 0. The first kappa shape index (κ1) is 22.5. The summed E-state index contributed by atoms with van der Waals surface area (Å²) < 4.78 is 47.0. The Hall–Kier alpha value is -3.66. The number of esters is 1. The van der Waals surface area contributed by atoms with Gasteiger partial charge >= 0.3 is 17.8 Å². The topological polar surface area (TPSA) is 70.3 Å². The minimum Gasteiger partial charge on any atom is -0.457 e. The van der Waals surface area contributed by atoms with Gasteiger partial charge in [0.15, 0.2) is 0 Å². The fourth-order valence-corrected chi connectivity index (χ4v) is 4.49. The molecular formula is C23H17F3N2O4S. The molecule has 2 aromatic carbocycles. The molecule has 2 heterocycles. The Morgan fingerprint density at radius 1 is 1.03 bits per heavy atom. The van der Waals surface area contributed by atoms with E-state index in [9.17, 15) is 27.6 Å². The highest BCUT2D eigenvalue weighted by Crippen LogP contribution is 2.32. The van der Waals surface area contributed by atoms with Crippen molar-refractivity contribution in [2.45, 2.75) is 19.3 Å². The van der Waals surface area contributed by atoms with Crippen LogP contribution >= 0.6 is 11.3 Å². The molecule has 0 aliphatic rings. The summed E-state index contributed by atoms with van der Waals surface area (Å²) >= 11 is 1.01. The number of fused-ring (bicyclic) bond motifs is 1. The Morgan fingerprint density at radius 3 is 2.39 bits per heavy atom. The van der Waals surface area contributed by atoms with Gasteiger partial charge in [-0.3, -0.25) is 13.9 Å². The third-order valence-electron chi connectivity index (χ3n) is 5.14. The largest absolute Gasteiger partial charge is 0.457 e. The van der Waals surface area contributed by atoms with Crippen molar-refractivity contribution in [3.05, 3.63) is 103 Å². The summed E-state index contributed by atoms with van der Waals surface area (Å²) in [5, 5.41) is 1.36. The molecule has 33 heavy (non-hydrogen) atoms. The standard InChI is InChI=1S/C23H17F3N2O4S/c1-27-20-18(19(29)28(22(27)31)11-14-7-3-2-4-8-14)16(13-33-20)21(30)32-12-15-9-5-6-10-17(15)23(24,25)26/h2-10,13H,11-12H2,1H3. The fourth-order valence-electron chi connectivity index (χ4n) is 3.49. The average Bonchev–Trinajstić information content (AvgIpc) is 3.25. The van der Waals surface area contributed by atoms with E-state index in [1.165, 1.54) is 35.2 Å². The smallest absolute Gasteiger partial charge is 0.416 e. The molecule has 0 atom stereocenters. The molecule has 4 rings (SSSR count).